The Balaban J connectivity index is 1.53. The van der Waals surface area contributed by atoms with Gasteiger partial charge in [-0.1, -0.05) is 91.0 Å². The lowest BCUT2D eigenvalue weighted by Crippen LogP contribution is -2.49. The Bertz CT molecular complexity index is 1020. The van der Waals surface area contributed by atoms with E-state index in [1.807, 2.05) is 104 Å². The molecule has 32 heavy (non-hydrogen) atoms. The first kappa shape index (κ1) is 22.2. The number of ether oxygens (including phenoxy) is 3. The number of hydrogen-bond donors (Lipinski definition) is 0. The van der Waals surface area contributed by atoms with Crippen LogP contribution in [-0.4, -0.2) is 24.1 Å². The van der Waals surface area contributed by atoms with E-state index in [4.69, 9.17) is 14.2 Å². The highest BCUT2D eigenvalue weighted by molar-refractivity contribution is 6.00. The fourth-order valence-corrected chi connectivity index (χ4v) is 3.76. The van der Waals surface area contributed by atoms with E-state index in [0.29, 0.717) is 25.4 Å². The summed E-state index contributed by atoms with van der Waals surface area (Å²) in [6.07, 6.45) is 0.199. The van der Waals surface area contributed by atoms with Gasteiger partial charge >= 0.3 is 0 Å². The van der Waals surface area contributed by atoms with Crippen LogP contribution in [0.4, 0.5) is 0 Å². The molecule has 164 valence electrons. The molecule has 3 aromatic rings. The van der Waals surface area contributed by atoms with Gasteiger partial charge in [0, 0.05) is 0 Å². The second-order valence-electron chi connectivity index (χ2n) is 7.95. The number of Topliss-reactive ketones (excluding diaryl/α,β-unsaturated/α-hetero) is 1. The molecule has 0 radical (unpaired) electrons. The van der Waals surface area contributed by atoms with Gasteiger partial charge in [0.15, 0.2) is 5.78 Å². The zero-order chi connectivity index (χ0) is 22.2. The Hall–Kier alpha value is -3.05. The van der Waals surface area contributed by atoms with Gasteiger partial charge in [-0.05, 0) is 35.3 Å². The molecule has 0 saturated carbocycles. The average Bonchev–Trinajstić information content (AvgIpc) is 2.85. The molecular weight excluding hydrogens is 400 g/mol. The molecule has 0 amide bonds. The standard InChI is InChI=1S/C28H28O4/c1-21-17-25(30-18-22-11-5-2-6-12-22)27(31-19-23-13-7-3-8-14-23)28(26(21)29)32-20-24-15-9-4-10-16-24/h2-17,25,27-28H,18-20H2,1H3/t25-,27-,28-/m1/s1. The van der Waals surface area contributed by atoms with Gasteiger partial charge in [-0.2, -0.15) is 0 Å². The normalized spacial score (nSPS) is 20.7. The summed E-state index contributed by atoms with van der Waals surface area (Å²) < 4.78 is 18.7. The zero-order valence-corrected chi connectivity index (χ0v) is 18.2. The summed E-state index contributed by atoms with van der Waals surface area (Å²) in [5, 5.41) is 0. The molecule has 4 nitrogen and oxygen atoms in total. The van der Waals surface area contributed by atoms with Gasteiger partial charge in [0.1, 0.15) is 18.3 Å². The molecule has 0 fully saturated rings. The van der Waals surface area contributed by atoms with Gasteiger partial charge < -0.3 is 14.2 Å². The fraction of sp³-hybridized carbons (Fsp3) is 0.250. The van der Waals surface area contributed by atoms with Gasteiger partial charge in [0.25, 0.3) is 0 Å². The largest absolute Gasteiger partial charge is 0.367 e. The molecule has 0 aliphatic heterocycles. The van der Waals surface area contributed by atoms with Crippen molar-refractivity contribution in [2.24, 2.45) is 0 Å². The van der Waals surface area contributed by atoms with Crippen LogP contribution in [0.2, 0.25) is 0 Å². The first-order valence-corrected chi connectivity index (χ1v) is 10.9. The molecule has 4 heteroatoms. The molecule has 0 saturated heterocycles. The van der Waals surface area contributed by atoms with E-state index in [-0.39, 0.29) is 5.78 Å². The number of benzene rings is 3. The first-order chi connectivity index (χ1) is 15.7. The Morgan fingerprint density at radius 2 is 1.06 bits per heavy atom. The molecule has 0 aromatic heterocycles. The van der Waals surface area contributed by atoms with Crippen molar-refractivity contribution in [2.45, 2.75) is 45.1 Å². The van der Waals surface area contributed by atoms with E-state index in [1.54, 1.807) is 0 Å². The molecule has 0 heterocycles. The number of ketones is 1. The van der Waals surface area contributed by atoms with Gasteiger partial charge in [-0.3, -0.25) is 4.79 Å². The topological polar surface area (TPSA) is 44.8 Å². The van der Waals surface area contributed by atoms with E-state index >= 15 is 0 Å². The summed E-state index contributed by atoms with van der Waals surface area (Å²) in [6.45, 7) is 2.96. The minimum atomic E-state index is -0.732. The molecule has 1 aliphatic carbocycles. The second-order valence-corrected chi connectivity index (χ2v) is 7.95. The summed E-state index contributed by atoms with van der Waals surface area (Å²) in [5.74, 6) is -0.0569. The Morgan fingerprint density at radius 1 is 0.625 bits per heavy atom. The third kappa shape index (κ3) is 5.80. The van der Waals surface area contributed by atoms with E-state index in [2.05, 4.69) is 0 Å². The molecule has 0 N–H and O–H groups in total. The summed E-state index contributed by atoms with van der Waals surface area (Å²) in [6, 6.07) is 29.8. The van der Waals surface area contributed by atoms with E-state index in [0.717, 1.165) is 16.7 Å². The second kappa shape index (κ2) is 11.0. The molecule has 0 unspecified atom stereocenters. The minimum absolute atomic E-state index is 0.0569. The average molecular weight is 429 g/mol. The quantitative estimate of drug-likeness (QED) is 0.466. The van der Waals surface area contributed by atoms with E-state index < -0.39 is 18.3 Å². The van der Waals surface area contributed by atoms with Crippen LogP contribution in [0.15, 0.2) is 103 Å². The van der Waals surface area contributed by atoms with Crippen molar-refractivity contribution in [1.29, 1.82) is 0 Å². The van der Waals surface area contributed by atoms with Crippen molar-refractivity contribution >= 4 is 5.78 Å². The highest BCUT2D eigenvalue weighted by atomic mass is 16.6. The van der Waals surface area contributed by atoms with Crippen LogP contribution in [0.25, 0.3) is 0 Å². The smallest absolute Gasteiger partial charge is 0.189 e. The van der Waals surface area contributed by atoms with Crippen molar-refractivity contribution < 1.29 is 19.0 Å². The molecular formula is C28H28O4. The Labute approximate surface area is 189 Å². The summed E-state index contributed by atoms with van der Waals surface area (Å²) in [4.78, 5) is 13.1. The van der Waals surface area contributed by atoms with Gasteiger partial charge in [0.05, 0.1) is 19.8 Å². The van der Waals surface area contributed by atoms with Crippen LogP contribution in [0.3, 0.4) is 0 Å². The number of carbonyl (C=O) groups is 1. The third-order valence-electron chi connectivity index (χ3n) is 5.53. The van der Waals surface area contributed by atoms with Crippen LogP contribution in [0.1, 0.15) is 23.6 Å². The van der Waals surface area contributed by atoms with Crippen LogP contribution >= 0.6 is 0 Å². The van der Waals surface area contributed by atoms with Crippen LogP contribution < -0.4 is 0 Å². The SMILES string of the molecule is CC1=C[C@@H](OCc2ccccc2)[C@@H](OCc2ccccc2)[C@H](OCc2ccccc2)C1=O. The van der Waals surface area contributed by atoms with E-state index in [1.165, 1.54) is 0 Å². The lowest BCUT2D eigenvalue weighted by Gasteiger charge is -2.35. The molecule has 0 spiro atoms. The lowest BCUT2D eigenvalue weighted by molar-refractivity contribution is -0.161. The van der Waals surface area contributed by atoms with E-state index in [9.17, 15) is 4.79 Å². The molecule has 4 rings (SSSR count). The number of rotatable bonds is 9. The number of carbonyl (C=O) groups excluding carboxylic acids is 1. The van der Waals surface area contributed by atoms with Crippen molar-refractivity contribution in [3.8, 4) is 0 Å². The molecule has 3 atom stereocenters. The minimum Gasteiger partial charge on any atom is -0.367 e. The third-order valence-corrected chi connectivity index (χ3v) is 5.53. The fourth-order valence-electron chi connectivity index (χ4n) is 3.76. The van der Waals surface area contributed by atoms with Crippen LogP contribution in [-0.2, 0) is 38.8 Å². The lowest BCUT2D eigenvalue weighted by atomic mass is 9.91. The van der Waals surface area contributed by atoms with Crippen LogP contribution in [0.5, 0.6) is 0 Å². The monoisotopic (exact) mass is 428 g/mol. The predicted octanol–water partition coefficient (Wildman–Crippen LogP) is 5.27. The van der Waals surface area contributed by atoms with Crippen molar-refractivity contribution in [1.82, 2.24) is 0 Å². The zero-order valence-electron chi connectivity index (χ0n) is 18.2. The van der Waals surface area contributed by atoms with Gasteiger partial charge in [-0.15, -0.1) is 0 Å². The molecule has 3 aromatic carbocycles. The maximum Gasteiger partial charge on any atom is 0.189 e. The highest BCUT2D eigenvalue weighted by Gasteiger charge is 2.40. The summed E-state index contributed by atoms with van der Waals surface area (Å²) >= 11 is 0. The predicted molar refractivity (Wildman–Crippen MR) is 124 cm³/mol. The van der Waals surface area contributed by atoms with Crippen LogP contribution in [0, 0.1) is 0 Å². The molecule has 0 bridgehead atoms. The van der Waals surface area contributed by atoms with Crippen molar-refractivity contribution in [3.63, 3.8) is 0 Å². The molecule has 1 aliphatic rings. The first-order valence-electron chi connectivity index (χ1n) is 10.9. The number of hydrogen-bond acceptors (Lipinski definition) is 4. The highest BCUT2D eigenvalue weighted by Crippen LogP contribution is 2.26. The Kier molecular flexibility index (Phi) is 7.62. The Morgan fingerprint density at radius 3 is 1.56 bits per heavy atom. The van der Waals surface area contributed by atoms with Crippen molar-refractivity contribution in [2.75, 3.05) is 0 Å². The summed E-state index contributed by atoms with van der Waals surface area (Å²) in [7, 11) is 0. The van der Waals surface area contributed by atoms with Crippen molar-refractivity contribution in [3.05, 3.63) is 119 Å². The maximum absolute atomic E-state index is 13.1. The summed E-state index contributed by atoms with van der Waals surface area (Å²) in [5.41, 5.74) is 3.76. The maximum atomic E-state index is 13.1. The van der Waals surface area contributed by atoms with Gasteiger partial charge in [0.2, 0.25) is 0 Å². The van der Waals surface area contributed by atoms with Gasteiger partial charge in [-0.25, -0.2) is 0 Å².